The molecule has 0 unspecified atom stereocenters. The summed E-state index contributed by atoms with van der Waals surface area (Å²) in [5.41, 5.74) is 7.22. The number of para-hydroxylation sites is 1. The molecule has 1 aromatic carbocycles. The minimum Gasteiger partial charge on any atom is -0.494 e. The van der Waals surface area contributed by atoms with Gasteiger partial charge in [-0.05, 0) is 42.3 Å². The lowest BCUT2D eigenvalue weighted by Gasteiger charge is -2.27. The number of ether oxygens (including phenoxy) is 1. The molecule has 0 radical (unpaired) electrons. The van der Waals surface area contributed by atoms with E-state index in [1.807, 2.05) is 16.8 Å². The molecule has 0 saturated heterocycles. The molecule has 20 heavy (non-hydrogen) atoms. The molecule has 0 saturated carbocycles. The number of aromatic nitrogens is 4. The summed E-state index contributed by atoms with van der Waals surface area (Å²) in [6, 6.07) is 5.60. The summed E-state index contributed by atoms with van der Waals surface area (Å²) in [5.74, 6) is 1.29. The van der Waals surface area contributed by atoms with Crippen molar-refractivity contribution in [2.45, 2.75) is 39.2 Å². The number of anilines is 1. The van der Waals surface area contributed by atoms with Crippen LogP contribution in [0, 0.1) is 0 Å². The van der Waals surface area contributed by atoms with Gasteiger partial charge in [-0.15, -0.1) is 5.10 Å². The van der Waals surface area contributed by atoms with Crippen LogP contribution in [0.3, 0.4) is 0 Å². The molecule has 0 aliphatic carbocycles. The van der Waals surface area contributed by atoms with E-state index in [2.05, 4.69) is 36.3 Å². The highest BCUT2D eigenvalue weighted by molar-refractivity contribution is 5.73. The number of tetrazole rings is 1. The molecular weight excluding hydrogens is 254 g/mol. The van der Waals surface area contributed by atoms with E-state index in [1.54, 1.807) is 13.2 Å². The predicted molar refractivity (Wildman–Crippen MR) is 78.4 cm³/mol. The average Bonchev–Trinajstić information content (AvgIpc) is 2.96. The van der Waals surface area contributed by atoms with Crippen molar-refractivity contribution < 1.29 is 4.74 Å². The summed E-state index contributed by atoms with van der Waals surface area (Å²) < 4.78 is 7.27. The number of hydrogen-bond donors (Lipinski definition) is 1. The van der Waals surface area contributed by atoms with Crippen LogP contribution >= 0.6 is 0 Å². The van der Waals surface area contributed by atoms with Gasteiger partial charge in [-0.2, -0.15) is 0 Å². The minimum atomic E-state index is -0.131. The first-order chi connectivity index (χ1) is 9.57. The maximum Gasteiger partial charge on any atom is 0.186 e. The third-order valence-corrected chi connectivity index (χ3v) is 3.99. The molecule has 0 fully saturated rings. The Morgan fingerprint density at radius 2 is 2.00 bits per heavy atom. The van der Waals surface area contributed by atoms with E-state index in [1.165, 1.54) is 0 Å². The highest BCUT2D eigenvalue weighted by Gasteiger charge is 2.28. The number of hydrogen-bond acceptors (Lipinski definition) is 5. The van der Waals surface area contributed by atoms with Crippen molar-refractivity contribution >= 4 is 5.69 Å². The van der Waals surface area contributed by atoms with Crippen LogP contribution in [0.5, 0.6) is 5.75 Å². The molecule has 0 spiro atoms. The maximum atomic E-state index is 5.96. The van der Waals surface area contributed by atoms with Crippen LogP contribution in [-0.4, -0.2) is 27.3 Å². The lowest BCUT2D eigenvalue weighted by Crippen LogP contribution is -2.30. The summed E-state index contributed by atoms with van der Waals surface area (Å²) >= 11 is 0. The van der Waals surface area contributed by atoms with Gasteiger partial charge < -0.3 is 10.5 Å². The Labute approximate surface area is 118 Å². The first-order valence-electron chi connectivity index (χ1n) is 6.79. The Bertz CT molecular complexity index is 589. The van der Waals surface area contributed by atoms with E-state index >= 15 is 0 Å². The fraction of sp³-hybridized carbons (Fsp3) is 0.500. The van der Waals surface area contributed by atoms with Crippen LogP contribution in [0.25, 0.3) is 11.4 Å². The molecule has 108 valence electrons. The van der Waals surface area contributed by atoms with Crippen molar-refractivity contribution in [3.8, 4) is 17.1 Å². The van der Waals surface area contributed by atoms with Gasteiger partial charge in [0.1, 0.15) is 0 Å². The van der Waals surface area contributed by atoms with Crippen LogP contribution < -0.4 is 10.5 Å². The summed E-state index contributed by atoms with van der Waals surface area (Å²) in [5, 5.41) is 12.2. The second kappa shape index (κ2) is 5.48. The molecule has 0 aliphatic heterocycles. The zero-order chi connectivity index (χ0) is 14.8. The quantitative estimate of drug-likeness (QED) is 0.848. The molecule has 0 aliphatic rings. The van der Waals surface area contributed by atoms with Gasteiger partial charge in [0.2, 0.25) is 0 Å². The number of nitrogen functional groups attached to an aromatic ring is 1. The molecule has 2 aromatic rings. The van der Waals surface area contributed by atoms with Crippen LogP contribution in [0.1, 0.15) is 33.6 Å². The second-order valence-electron chi connectivity index (χ2n) is 5.05. The number of benzene rings is 1. The molecule has 0 atom stereocenters. The maximum absolute atomic E-state index is 5.96. The molecule has 0 bridgehead atoms. The number of nitrogens with two attached hydrogens (primary N) is 1. The van der Waals surface area contributed by atoms with E-state index in [0.29, 0.717) is 17.3 Å². The van der Waals surface area contributed by atoms with Crippen LogP contribution in [-0.2, 0) is 5.54 Å². The SMILES string of the molecule is CCC(C)(CC)n1nnnc1-c1cccc(N)c1OC. The lowest BCUT2D eigenvalue weighted by molar-refractivity contribution is 0.262. The molecule has 2 rings (SSSR count). The van der Waals surface area contributed by atoms with Crippen molar-refractivity contribution in [2.75, 3.05) is 12.8 Å². The van der Waals surface area contributed by atoms with Gasteiger partial charge in [0.15, 0.2) is 11.6 Å². The third-order valence-electron chi connectivity index (χ3n) is 3.99. The van der Waals surface area contributed by atoms with Crippen LogP contribution in [0.4, 0.5) is 5.69 Å². The van der Waals surface area contributed by atoms with E-state index < -0.39 is 0 Å². The van der Waals surface area contributed by atoms with Crippen molar-refractivity contribution in [1.82, 2.24) is 20.2 Å². The normalized spacial score (nSPS) is 11.6. The van der Waals surface area contributed by atoms with Gasteiger partial charge >= 0.3 is 0 Å². The van der Waals surface area contributed by atoms with Gasteiger partial charge in [-0.1, -0.05) is 19.9 Å². The Balaban J connectivity index is 2.62. The number of methoxy groups -OCH3 is 1. The minimum absolute atomic E-state index is 0.131. The predicted octanol–water partition coefficient (Wildman–Crippen LogP) is 2.47. The molecule has 6 heteroatoms. The fourth-order valence-electron chi connectivity index (χ4n) is 2.23. The molecule has 0 amide bonds. The van der Waals surface area contributed by atoms with Gasteiger partial charge in [0, 0.05) is 0 Å². The summed E-state index contributed by atoms with van der Waals surface area (Å²) in [6.45, 7) is 6.41. The summed E-state index contributed by atoms with van der Waals surface area (Å²) in [7, 11) is 1.60. The topological polar surface area (TPSA) is 78.9 Å². The fourth-order valence-corrected chi connectivity index (χ4v) is 2.23. The van der Waals surface area contributed by atoms with Crippen LogP contribution in [0.2, 0.25) is 0 Å². The molecule has 1 heterocycles. The highest BCUT2D eigenvalue weighted by atomic mass is 16.5. The van der Waals surface area contributed by atoms with Crippen molar-refractivity contribution in [2.24, 2.45) is 0 Å². The monoisotopic (exact) mass is 275 g/mol. The Morgan fingerprint density at radius 3 is 2.60 bits per heavy atom. The first kappa shape index (κ1) is 14.3. The molecule has 2 N–H and O–H groups in total. The van der Waals surface area contributed by atoms with Gasteiger partial charge in [-0.25, -0.2) is 4.68 Å². The summed E-state index contributed by atoms with van der Waals surface area (Å²) in [6.07, 6.45) is 1.87. The molecule has 1 aromatic heterocycles. The zero-order valence-electron chi connectivity index (χ0n) is 12.4. The largest absolute Gasteiger partial charge is 0.494 e. The van der Waals surface area contributed by atoms with Gasteiger partial charge in [0.05, 0.1) is 23.9 Å². The van der Waals surface area contributed by atoms with Crippen LogP contribution in [0.15, 0.2) is 18.2 Å². The molecular formula is C14H21N5O. The average molecular weight is 275 g/mol. The highest BCUT2D eigenvalue weighted by Crippen LogP contribution is 2.36. The van der Waals surface area contributed by atoms with Crippen molar-refractivity contribution in [1.29, 1.82) is 0 Å². The third kappa shape index (κ3) is 2.21. The summed E-state index contributed by atoms with van der Waals surface area (Å²) in [4.78, 5) is 0. The second-order valence-corrected chi connectivity index (χ2v) is 5.05. The van der Waals surface area contributed by atoms with Crippen molar-refractivity contribution in [3.63, 3.8) is 0 Å². The van der Waals surface area contributed by atoms with Gasteiger partial charge in [0.25, 0.3) is 0 Å². The van der Waals surface area contributed by atoms with E-state index in [4.69, 9.17) is 10.5 Å². The number of rotatable bonds is 5. The Hall–Kier alpha value is -2.11. The first-order valence-corrected chi connectivity index (χ1v) is 6.79. The Kier molecular flexibility index (Phi) is 3.92. The lowest BCUT2D eigenvalue weighted by atomic mass is 9.95. The Morgan fingerprint density at radius 1 is 1.30 bits per heavy atom. The standard InChI is InChI=1S/C14H21N5O/c1-5-14(3,6-2)19-13(16-17-18-19)10-8-7-9-11(15)12(10)20-4/h7-9H,5-6,15H2,1-4H3. The van der Waals surface area contributed by atoms with E-state index in [0.717, 1.165) is 18.4 Å². The van der Waals surface area contributed by atoms with E-state index in [-0.39, 0.29) is 5.54 Å². The number of nitrogens with zero attached hydrogens (tertiary/aromatic N) is 4. The smallest absolute Gasteiger partial charge is 0.186 e. The molecule has 6 nitrogen and oxygen atoms in total. The zero-order valence-corrected chi connectivity index (χ0v) is 12.4. The van der Waals surface area contributed by atoms with E-state index in [9.17, 15) is 0 Å². The van der Waals surface area contributed by atoms with Crippen molar-refractivity contribution in [3.05, 3.63) is 18.2 Å². The van der Waals surface area contributed by atoms with Gasteiger partial charge in [-0.3, -0.25) is 0 Å².